The first-order valence-corrected chi connectivity index (χ1v) is 10.1. The molecule has 0 bridgehead atoms. The highest BCUT2D eigenvalue weighted by atomic mass is 16.2. The Balaban J connectivity index is 1.74. The minimum Gasteiger partial charge on any atom is -0.343 e. The SMILES string of the molecule is CCCC(=O)N1CCC(N[C@H](c2cccnc2)c2ccc(C)cc2C)CC1. The number of benzene rings is 1. The maximum Gasteiger partial charge on any atom is 0.222 e. The number of hydrogen-bond acceptors (Lipinski definition) is 3. The summed E-state index contributed by atoms with van der Waals surface area (Å²) in [5.74, 6) is 0.300. The van der Waals surface area contributed by atoms with E-state index >= 15 is 0 Å². The first-order chi connectivity index (χ1) is 13.1. The van der Waals surface area contributed by atoms with E-state index in [1.807, 2.05) is 23.4 Å². The van der Waals surface area contributed by atoms with E-state index < -0.39 is 0 Å². The molecular weight excluding hydrogens is 334 g/mol. The Morgan fingerprint density at radius 1 is 1.26 bits per heavy atom. The fourth-order valence-electron chi connectivity index (χ4n) is 3.97. The van der Waals surface area contributed by atoms with Gasteiger partial charge in [0.15, 0.2) is 0 Å². The third kappa shape index (κ3) is 4.95. The topological polar surface area (TPSA) is 45.2 Å². The Hall–Kier alpha value is -2.20. The molecule has 1 atom stereocenters. The zero-order valence-electron chi connectivity index (χ0n) is 16.7. The second kappa shape index (κ2) is 9.14. The second-order valence-corrected chi connectivity index (χ2v) is 7.65. The Kier molecular flexibility index (Phi) is 6.62. The van der Waals surface area contributed by atoms with Crippen LogP contribution >= 0.6 is 0 Å². The molecular formula is C23H31N3O. The van der Waals surface area contributed by atoms with Crippen LogP contribution in [0.2, 0.25) is 0 Å². The van der Waals surface area contributed by atoms with E-state index in [1.54, 1.807) is 0 Å². The number of aromatic nitrogens is 1. The van der Waals surface area contributed by atoms with Crippen molar-refractivity contribution < 1.29 is 4.79 Å². The molecule has 2 aromatic rings. The summed E-state index contributed by atoms with van der Waals surface area (Å²) in [7, 11) is 0. The van der Waals surface area contributed by atoms with Crippen LogP contribution in [0.4, 0.5) is 0 Å². The van der Waals surface area contributed by atoms with Gasteiger partial charge in [-0.2, -0.15) is 0 Å². The first-order valence-electron chi connectivity index (χ1n) is 10.1. The monoisotopic (exact) mass is 365 g/mol. The van der Waals surface area contributed by atoms with Gasteiger partial charge in [0.2, 0.25) is 5.91 Å². The van der Waals surface area contributed by atoms with Gasteiger partial charge in [-0.25, -0.2) is 0 Å². The molecule has 4 nitrogen and oxygen atoms in total. The summed E-state index contributed by atoms with van der Waals surface area (Å²) in [4.78, 5) is 18.5. The lowest BCUT2D eigenvalue weighted by atomic mass is 9.92. The molecule has 0 saturated carbocycles. The molecule has 1 saturated heterocycles. The van der Waals surface area contributed by atoms with E-state index in [0.29, 0.717) is 18.4 Å². The van der Waals surface area contributed by atoms with Gasteiger partial charge in [0.1, 0.15) is 0 Å². The molecule has 1 N–H and O–H groups in total. The molecule has 1 aromatic carbocycles. The third-order valence-corrected chi connectivity index (χ3v) is 5.47. The van der Waals surface area contributed by atoms with Crippen molar-refractivity contribution in [3.8, 4) is 0 Å². The van der Waals surface area contributed by atoms with Crippen molar-refractivity contribution in [1.29, 1.82) is 0 Å². The second-order valence-electron chi connectivity index (χ2n) is 7.65. The van der Waals surface area contributed by atoms with E-state index in [2.05, 4.69) is 55.3 Å². The third-order valence-electron chi connectivity index (χ3n) is 5.47. The van der Waals surface area contributed by atoms with Crippen molar-refractivity contribution >= 4 is 5.91 Å². The van der Waals surface area contributed by atoms with Crippen molar-refractivity contribution in [2.45, 2.75) is 58.5 Å². The van der Waals surface area contributed by atoms with Gasteiger partial charge in [-0.15, -0.1) is 0 Å². The zero-order chi connectivity index (χ0) is 19.2. The largest absolute Gasteiger partial charge is 0.343 e. The van der Waals surface area contributed by atoms with Crippen molar-refractivity contribution in [1.82, 2.24) is 15.2 Å². The summed E-state index contributed by atoms with van der Waals surface area (Å²) in [5.41, 5.74) is 5.07. The number of nitrogens with one attached hydrogen (secondary N) is 1. The maximum absolute atomic E-state index is 12.1. The Morgan fingerprint density at radius 2 is 2.04 bits per heavy atom. The van der Waals surface area contributed by atoms with E-state index in [9.17, 15) is 4.79 Å². The van der Waals surface area contributed by atoms with Crippen LogP contribution in [0.1, 0.15) is 60.9 Å². The molecule has 27 heavy (non-hydrogen) atoms. The summed E-state index contributed by atoms with van der Waals surface area (Å²) in [5, 5.41) is 3.86. The van der Waals surface area contributed by atoms with Gasteiger partial charge >= 0.3 is 0 Å². The molecule has 0 unspecified atom stereocenters. The fourth-order valence-corrected chi connectivity index (χ4v) is 3.97. The molecule has 0 spiro atoms. The number of amides is 1. The molecule has 4 heteroatoms. The lowest BCUT2D eigenvalue weighted by molar-refractivity contribution is -0.132. The number of carbonyl (C=O) groups is 1. The van der Waals surface area contributed by atoms with Crippen LogP contribution in [0.5, 0.6) is 0 Å². The highest BCUT2D eigenvalue weighted by Crippen LogP contribution is 2.27. The Labute approximate surface area is 163 Å². The summed E-state index contributed by atoms with van der Waals surface area (Å²) >= 11 is 0. The number of nitrogens with zero attached hydrogens (tertiary/aromatic N) is 2. The normalized spacial score (nSPS) is 16.3. The van der Waals surface area contributed by atoms with Crippen LogP contribution in [-0.4, -0.2) is 34.9 Å². The predicted molar refractivity (Wildman–Crippen MR) is 110 cm³/mol. The van der Waals surface area contributed by atoms with Crippen molar-refractivity contribution in [2.24, 2.45) is 0 Å². The molecule has 1 fully saturated rings. The molecule has 144 valence electrons. The van der Waals surface area contributed by atoms with Crippen molar-refractivity contribution in [3.05, 3.63) is 65.0 Å². The zero-order valence-corrected chi connectivity index (χ0v) is 16.7. The van der Waals surface area contributed by atoms with Gasteiger partial charge in [0.05, 0.1) is 6.04 Å². The molecule has 1 aliphatic rings. The summed E-state index contributed by atoms with van der Waals surface area (Å²) < 4.78 is 0. The number of piperidine rings is 1. The minimum absolute atomic E-state index is 0.127. The van der Waals surface area contributed by atoms with E-state index in [1.165, 1.54) is 22.3 Å². The maximum atomic E-state index is 12.1. The van der Waals surface area contributed by atoms with Gasteiger partial charge in [0, 0.05) is 37.9 Å². The van der Waals surface area contributed by atoms with Gasteiger partial charge in [0.25, 0.3) is 0 Å². The van der Waals surface area contributed by atoms with E-state index in [0.717, 1.165) is 32.4 Å². The number of carbonyl (C=O) groups excluding carboxylic acids is 1. The number of rotatable bonds is 6. The summed E-state index contributed by atoms with van der Waals surface area (Å²) in [6, 6.07) is 11.3. The number of likely N-dealkylation sites (tertiary alicyclic amines) is 1. The van der Waals surface area contributed by atoms with E-state index in [-0.39, 0.29) is 6.04 Å². The van der Waals surface area contributed by atoms with Crippen LogP contribution < -0.4 is 5.32 Å². The van der Waals surface area contributed by atoms with Gasteiger partial charge in [-0.05, 0) is 55.9 Å². The summed E-state index contributed by atoms with van der Waals surface area (Å²) in [6.45, 7) is 8.08. The average Bonchev–Trinajstić information content (AvgIpc) is 2.68. The molecule has 1 aliphatic heterocycles. The lowest BCUT2D eigenvalue weighted by Crippen LogP contribution is -2.46. The molecule has 2 heterocycles. The molecule has 3 rings (SSSR count). The van der Waals surface area contributed by atoms with Crippen LogP contribution in [0.3, 0.4) is 0 Å². The number of aryl methyl sites for hydroxylation is 2. The van der Waals surface area contributed by atoms with Gasteiger partial charge in [-0.1, -0.05) is 36.8 Å². The molecule has 0 aliphatic carbocycles. The molecule has 0 radical (unpaired) electrons. The van der Waals surface area contributed by atoms with Crippen molar-refractivity contribution in [3.63, 3.8) is 0 Å². The highest BCUT2D eigenvalue weighted by molar-refractivity contribution is 5.76. The van der Waals surface area contributed by atoms with Crippen LogP contribution in [0.15, 0.2) is 42.7 Å². The standard InChI is InChI=1S/C23H31N3O/c1-4-6-22(27)26-13-10-20(11-14-26)25-23(19-7-5-12-24-16-19)21-9-8-17(2)15-18(21)3/h5,7-9,12,15-16,20,23,25H,4,6,10-11,13-14H2,1-3H3/t23-/m1/s1. The fraction of sp³-hybridized carbons (Fsp3) is 0.478. The van der Waals surface area contributed by atoms with Crippen LogP contribution in [0.25, 0.3) is 0 Å². The smallest absolute Gasteiger partial charge is 0.222 e. The number of hydrogen-bond donors (Lipinski definition) is 1. The Morgan fingerprint density at radius 3 is 2.67 bits per heavy atom. The van der Waals surface area contributed by atoms with Crippen LogP contribution in [0, 0.1) is 13.8 Å². The lowest BCUT2D eigenvalue weighted by Gasteiger charge is -2.35. The highest BCUT2D eigenvalue weighted by Gasteiger charge is 2.26. The number of pyridine rings is 1. The first kappa shape index (κ1) is 19.6. The molecule has 1 aromatic heterocycles. The predicted octanol–water partition coefficient (Wildman–Crippen LogP) is 4.17. The molecule has 1 amide bonds. The van der Waals surface area contributed by atoms with Gasteiger partial charge < -0.3 is 10.2 Å². The Bertz CT molecular complexity index is 751. The van der Waals surface area contributed by atoms with E-state index in [4.69, 9.17) is 0 Å². The average molecular weight is 366 g/mol. The minimum atomic E-state index is 0.127. The summed E-state index contributed by atoms with van der Waals surface area (Å²) in [6.07, 6.45) is 7.36. The van der Waals surface area contributed by atoms with Gasteiger partial charge in [-0.3, -0.25) is 9.78 Å². The van der Waals surface area contributed by atoms with Crippen LogP contribution in [-0.2, 0) is 4.79 Å². The quantitative estimate of drug-likeness (QED) is 0.836. The van der Waals surface area contributed by atoms with Crippen molar-refractivity contribution in [2.75, 3.05) is 13.1 Å².